The van der Waals surface area contributed by atoms with Gasteiger partial charge in [0.25, 0.3) is 5.91 Å². The zero-order valence-corrected chi connectivity index (χ0v) is 9.92. The molecular formula is C13H17FN2O. The summed E-state index contributed by atoms with van der Waals surface area (Å²) < 4.78 is 12.9. The van der Waals surface area contributed by atoms with Gasteiger partial charge in [0.05, 0.1) is 0 Å². The Bertz CT molecular complexity index is 441. The summed E-state index contributed by atoms with van der Waals surface area (Å²) in [6.07, 6.45) is 2.15. The summed E-state index contributed by atoms with van der Waals surface area (Å²) in [7, 11) is 0. The molecule has 1 aliphatic carbocycles. The van der Waals surface area contributed by atoms with Gasteiger partial charge in [0.2, 0.25) is 0 Å². The van der Waals surface area contributed by atoms with Crippen LogP contribution in [0.3, 0.4) is 0 Å². The molecule has 0 aliphatic heterocycles. The maximum atomic E-state index is 12.9. The molecule has 0 radical (unpaired) electrons. The number of hydrogen-bond acceptors (Lipinski definition) is 2. The number of nitrogens with two attached hydrogens (primary N) is 1. The van der Waals surface area contributed by atoms with E-state index in [2.05, 4.69) is 5.32 Å². The molecule has 3 nitrogen and oxygen atoms in total. The fourth-order valence-electron chi connectivity index (χ4n) is 1.87. The summed E-state index contributed by atoms with van der Waals surface area (Å²) >= 11 is 0. The van der Waals surface area contributed by atoms with Crippen molar-refractivity contribution in [2.24, 2.45) is 11.1 Å². The third-order valence-electron chi connectivity index (χ3n) is 3.45. The zero-order chi connectivity index (χ0) is 12.5. The van der Waals surface area contributed by atoms with Gasteiger partial charge in [0.15, 0.2) is 0 Å². The first-order chi connectivity index (χ1) is 8.06. The smallest absolute Gasteiger partial charge is 0.251 e. The van der Waals surface area contributed by atoms with E-state index in [0.29, 0.717) is 24.2 Å². The first-order valence-electron chi connectivity index (χ1n) is 5.81. The molecule has 1 aromatic rings. The van der Waals surface area contributed by atoms with Crippen LogP contribution in [0.2, 0.25) is 0 Å². The average Bonchev–Trinajstić information content (AvgIpc) is 3.07. The molecule has 4 heteroatoms. The van der Waals surface area contributed by atoms with E-state index in [0.717, 1.165) is 12.8 Å². The number of amides is 1. The number of aryl methyl sites for hydroxylation is 1. The normalized spacial score (nSPS) is 16.6. The summed E-state index contributed by atoms with van der Waals surface area (Å²) in [5, 5.41) is 2.87. The molecule has 0 aromatic heterocycles. The molecule has 1 fully saturated rings. The molecule has 0 bridgehead atoms. The summed E-state index contributed by atoms with van der Waals surface area (Å²) in [6, 6.07) is 4.19. The SMILES string of the molecule is Cc1cc(F)ccc1C(=O)NCC1(CN)CC1. The summed E-state index contributed by atoms with van der Waals surface area (Å²) in [6.45, 7) is 2.95. The Hall–Kier alpha value is -1.42. The number of nitrogens with one attached hydrogen (secondary N) is 1. The molecule has 0 spiro atoms. The lowest BCUT2D eigenvalue weighted by Gasteiger charge is -2.14. The van der Waals surface area contributed by atoms with Crippen molar-refractivity contribution in [3.63, 3.8) is 0 Å². The van der Waals surface area contributed by atoms with E-state index < -0.39 is 0 Å². The van der Waals surface area contributed by atoms with Crippen LogP contribution >= 0.6 is 0 Å². The number of benzene rings is 1. The molecule has 1 aliphatic rings. The first-order valence-corrected chi connectivity index (χ1v) is 5.81. The number of carbonyl (C=O) groups is 1. The predicted octanol–water partition coefficient (Wildman–Crippen LogP) is 1.60. The Morgan fingerprint density at radius 2 is 2.24 bits per heavy atom. The van der Waals surface area contributed by atoms with Crippen molar-refractivity contribution in [1.82, 2.24) is 5.32 Å². The van der Waals surface area contributed by atoms with Crippen molar-refractivity contribution in [2.75, 3.05) is 13.1 Å². The van der Waals surface area contributed by atoms with Gasteiger partial charge in [-0.05, 0) is 50.1 Å². The minimum Gasteiger partial charge on any atom is -0.351 e. The van der Waals surface area contributed by atoms with E-state index in [1.54, 1.807) is 6.92 Å². The van der Waals surface area contributed by atoms with E-state index >= 15 is 0 Å². The second-order valence-electron chi connectivity index (χ2n) is 4.85. The van der Waals surface area contributed by atoms with Gasteiger partial charge in [-0.25, -0.2) is 4.39 Å². The van der Waals surface area contributed by atoms with Gasteiger partial charge in [-0.2, -0.15) is 0 Å². The molecular weight excluding hydrogens is 219 g/mol. The molecule has 1 aromatic carbocycles. The Kier molecular flexibility index (Phi) is 3.15. The minimum absolute atomic E-state index is 0.115. The molecule has 3 N–H and O–H groups in total. The second kappa shape index (κ2) is 4.45. The van der Waals surface area contributed by atoms with Crippen LogP contribution < -0.4 is 11.1 Å². The van der Waals surface area contributed by atoms with E-state index in [4.69, 9.17) is 5.73 Å². The van der Waals surface area contributed by atoms with Crippen LogP contribution in [0, 0.1) is 18.2 Å². The minimum atomic E-state index is -0.320. The Labute approximate surface area is 100 Å². The van der Waals surface area contributed by atoms with E-state index in [-0.39, 0.29) is 17.1 Å². The highest BCUT2D eigenvalue weighted by Crippen LogP contribution is 2.43. The fraction of sp³-hybridized carbons (Fsp3) is 0.462. The molecule has 17 heavy (non-hydrogen) atoms. The lowest BCUT2D eigenvalue weighted by molar-refractivity contribution is 0.0945. The maximum absolute atomic E-state index is 12.9. The number of halogens is 1. The molecule has 0 unspecified atom stereocenters. The third kappa shape index (κ3) is 2.64. The van der Waals surface area contributed by atoms with Crippen LogP contribution in [-0.4, -0.2) is 19.0 Å². The van der Waals surface area contributed by atoms with E-state index in [1.807, 2.05) is 0 Å². The van der Waals surface area contributed by atoms with Crippen molar-refractivity contribution in [2.45, 2.75) is 19.8 Å². The molecule has 1 amide bonds. The van der Waals surface area contributed by atoms with Crippen LogP contribution in [-0.2, 0) is 0 Å². The Morgan fingerprint density at radius 3 is 2.76 bits per heavy atom. The largest absolute Gasteiger partial charge is 0.351 e. The highest BCUT2D eigenvalue weighted by Gasteiger charge is 2.41. The third-order valence-corrected chi connectivity index (χ3v) is 3.45. The van der Waals surface area contributed by atoms with E-state index in [9.17, 15) is 9.18 Å². The van der Waals surface area contributed by atoms with Crippen molar-refractivity contribution < 1.29 is 9.18 Å². The topological polar surface area (TPSA) is 55.1 Å². The van der Waals surface area contributed by atoms with Gasteiger partial charge < -0.3 is 11.1 Å². The summed E-state index contributed by atoms with van der Waals surface area (Å²) in [5.74, 6) is -0.470. The van der Waals surface area contributed by atoms with Crippen LogP contribution in [0.5, 0.6) is 0 Å². The van der Waals surface area contributed by atoms with Gasteiger partial charge >= 0.3 is 0 Å². The Morgan fingerprint density at radius 1 is 1.53 bits per heavy atom. The summed E-state index contributed by atoms with van der Waals surface area (Å²) in [5.41, 5.74) is 6.94. The summed E-state index contributed by atoms with van der Waals surface area (Å²) in [4.78, 5) is 11.9. The molecule has 0 heterocycles. The van der Waals surface area contributed by atoms with Gasteiger partial charge in [-0.3, -0.25) is 4.79 Å². The lowest BCUT2D eigenvalue weighted by atomic mass is 10.1. The molecule has 2 rings (SSSR count). The number of carbonyl (C=O) groups excluding carboxylic acids is 1. The highest BCUT2D eigenvalue weighted by molar-refractivity contribution is 5.95. The number of rotatable bonds is 4. The quantitative estimate of drug-likeness (QED) is 0.834. The number of hydrogen-bond donors (Lipinski definition) is 2. The molecule has 92 valence electrons. The fourth-order valence-corrected chi connectivity index (χ4v) is 1.87. The van der Waals surface area contributed by atoms with Crippen LogP contribution in [0.4, 0.5) is 4.39 Å². The molecule has 0 atom stereocenters. The predicted molar refractivity (Wildman–Crippen MR) is 64.2 cm³/mol. The van der Waals surface area contributed by atoms with Crippen molar-refractivity contribution >= 4 is 5.91 Å². The van der Waals surface area contributed by atoms with Gasteiger partial charge in [0.1, 0.15) is 5.82 Å². The van der Waals surface area contributed by atoms with Gasteiger partial charge in [-0.15, -0.1) is 0 Å². The zero-order valence-electron chi connectivity index (χ0n) is 9.92. The molecule has 1 saturated carbocycles. The van der Waals surface area contributed by atoms with Crippen molar-refractivity contribution in [1.29, 1.82) is 0 Å². The first kappa shape index (κ1) is 12.0. The Balaban J connectivity index is 2.00. The average molecular weight is 236 g/mol. The van der Waals surface area contributed by atoms with Crippen molar-refractivity contribution in [3.8, 4) is 0 Å². The van der Waals surface area contributed by atoms with Crippen LogP contribution in [0.25, 0.3) is 0 Å². The maximum Gasteiger partial charge on any atom is 0.251 e. The molecule has 0 saturated heterocycles. The standard InChI is InChI=1S/C13H17FN2O/c1-9-6-10(14)2-3-11(9)12(17)16-8-13(7-15)4-5-13/h2-3,6H,4-5,7-8,15H2,1H3,(H,16,17). The van der Waals surface area contributed by atoms with E-state index in [1.165, 1.54) is 18.2 Å². The lowest BCUT2D eigenvalue weighted by Crippen LogP contribution is -2.34. The van der Waals surface area contributed by atoms with Gasteiger partial charge in [-0.1, -0.05) is 0 Å². The van der Waals surface area contributed by atoms with Crippen LogP contribution in [0.1, 0.15) is 28.8 Å². The highest BCUT2D eigenvalue weighted by atomic mass is 19.1. The van der Waals surface area contributed by atoms with Crippen LogP contribution in [0.15, 0.2) is 18.2 Å². The second-order valence-corrected chi connectivity index (χ2v) is 4.85. The monoisotopic (exact) mass is 236 g/mol. The van der Waals surface area contributed by atoms with Gasteiger partial charge in [0, 0.05) is 17.5 Å². The van der Waals surface area contributed by atoms with Crippen molar-refractivity contribution in [3.05, 3.63) is 35.1 Å².